The van der Waals surface area contributed by atoms with E-state index in [1.54, 1.807) is 10.9 Å². The van der Waals surface area contributed by atoms with Crippen LogP contribution in [0.5, 0.6) is 0 Å². The second-order valence-electron chi connectivity index (χ2n) is 3.68. The van der Waals surface area contributed by atoms with Crippen molar-refractivity contribution in [1.29, 1.82) is 0 Å². The number of anilines is 1. The average Bonchev–Trinajstić information content (AvgIpc) is 2.63. The first-order valence-electron chi connectivity index (χ1n) is 5.02. The number of aryl methyl sites for hydroxylation is 1. The van der Waals surface area contributed by atoms with Crippen molar-refractivity contribution < 1.29 is 4.74 Å². The van der Waals surface area contributed by atoms with Crippen LogP contribution in [0.2, 0.25) is 0 Å². The highest BCUT2D eigenvalue weighted by atomic mass is 16.5. The molecule has 0 spiro atoms. The minimum Gasteiger partial charge on any atom is -0.381 e. The van der Waals surface area contributed by atoms with Crippen LogP contribution in [-0.2, 0) is 11.8 Å². The van der Waals surface area contributed by atoms with E-state index in [4.69, 9.17) is 4.74 Å². The van der Waals surface area contributed by atoms with Gasteiger partial charge >= 0.3 is 0 Å². The van der Waals surface area contributed by atoms with E-state index in [1.165, 1.54) is 0 Å². The molecule has 0 atom stereocenters. The van der Waals surface area contributed by atoms with E-state index < -0.39 is 0 Å². The largest absolute Gasteiger partial charge is 0.381 e. The molecular formula is C9H16N4O. The summed E-state index contributed by atoms with van der Waals surface area (Å²) in [6, 6.07) is 0. The molecule has 0 unspecified atom stereocenters. The highest BCUT2D eigenvalue weighted by molar-refractivity contribution is 5.30. The molecule has 0 aliphatic carbocycles. The molecule has 1 saturated heterocycles. The molecule has 0 amide bonds. The van der Waals surface area contributed by atoms with Crippen LogP contribution in [0, 0.1) is 5.92 Å². The maximum absolute atomic E-state index is 5.30. The minimum atomic E-state index is 0.721. The highest BCUT2D eigenvalue weighted by Crippen LogP contribution is 2.15. The molecule has 0 radical (unpaired) electrons. The average molecular weight is 196 g/mol. The Morgan fingerprint density at radius 2 is 2.36 bits per heavy atom. The van der Waals surface area contributed by atoms with Gasteiger partial charge in [0.1, 0.15) is 5.82 Å². The summed E-state index contributed by atoms with van der Waals surface area (Å²) in [6.07, 6.45) is 4.05. The van der Waals surface area contributed by atoms with Crippen LogP contribution in [0.4, 0.5) is 5.82 Å². The van der Waals surface area contributed by atoms with Crippen molar-refractivity contribution in [2.45, 2.75) is 12.8 Å². The minimum absolute atomic E-state index is 0.721. The number of hydrogen-bond acceptors (Lipinski definition) is 4. The lowest BCUT2D eigenvalue weighted by Gasteiger charge is -2.22. The van der Waals surface area contributed by atoms with Gasteiger partial charge in [0.05, 0.1) is 6.20 Å². The number of ether oxygens (including phenoxy) is 1. The molecular weight excluding hydrogens is 180 g/mol. The van der Waals surface area contributed by atoms with E-state index in [0.717, 1.165) is 44.3 Å². The smallest absolute Gasteiger partial charge is 0.144 e. The standard InChI is InChI=1S/C9H16N4O/c1-13-9(7-11-12-13)10-6-8-2-4-14-5-3-8/h7-8,10H,2-6H2,1H3. The van der Waals surface area contributed by atoms with E-state index in [2.05, 4.69) is 15.6 Å². The predicted octanol–water partition coefficient (Wildman–Crippen LogP) is 0.654. The van der Waals surface area contributed by atoms with Gasteiger partial charge in [-0.3, -0.25) is 0 Å². The van der Waals surface area contributed by atoms with Gasteiger partial charge in [0.25, 0.3) is 0 Å². The monoisotopic (exact) mass is 196 g/mol. The third-order valence-electron chi connectivity index (χ3n) is 2.63. The van der Waals surface area contributed by atoms with Gasteiger partial charge in [-0.1, -0.05) is 5.21 Å². The van der Waals surface area contributed by atoms with Gasteiger partial charge in [-0.15, -0.1) is 5.10 Å². The summed E-state index contributed by atoms with van der Waals surface area (Å²) in [5.74, 6) is 1.70. The molecule has 2 heterocycles. The van der Waals surface area contributed by atoms with E-state index in [9.17, 15) is 0 Å². The first kappa shape index (κ1) is 9.45. The molecule has 1 aliphatic heterocycles. The third kappa shape index (κ3) is 2.23. The normalized spacial score (nSPS) is 18.4. The molecule has 5 heteroatoms. The molecule has 14 heavy (non-hydrogen) atoms. The zero-order chi connectivity index (χ0) is 9.80. The van der Waals surface area contributed by atoms with Crippen LogP contribution < -0.4 is 5.32 Å². The predicted molar refractivity (Wildman–Crippen MR) is 53.0 cm³/mol. The molecule has 0 saturated carbocycles. The van der Waals surface area contributed by atoms with Crippen molar-refractivity contribution in [2.24, 2.45) is 13.0 Å². The maximum atomic E-state index is 5.30. The number of hydrogen-bond donors (Lipinski definition) is 1. The first-order valence-corrected chi connectivity index (χ1v) is 5.02. The van der Waals surface area contributed by atoms with Crippen LogP contribution in [0.3, 0.4) is 0 Å². The number of nitrogens with zero attached hydrogens (tertiary/aromatic N) is 3. The molecule has 1 aromatic heterocycles. The molecule has 1 N–H and O–H groups in total. The Bertz CT molecular complexity index is 280. The SMILES string of the molecule is Cn1nncc1NCC1CCOCC1. The Morgan fingerprint density at radius 1 is 1.57 bits per heavy atom. The van der Waals surface area contributed by atoms with E-state index in [1.807, 2.05) is 7.05 Å². The topological polar surface area (TPSA) is 52.0 Å². The third-order valence-corrected chi connectivity index (χ3v) is 2.63. The maximum Gasteiger partial charge on any atom is 0.144 e. The van der Waals surface area contributed by atoms with Gasteiger partial charge in [0.2, 0.25) is 0 Å². The fraction of sp³-hybridized carbons (Fsp3) is 0.778. The Kier molecular flexibility index (Phi) is 2.98. The molecule has 1 aromatic rings. The summed E-state index contributed by atoms with van der Waals surface area (Å²) in [7, 11) is 1.89. The lowest BCUT2D eigenvalue weighted by Crippen LogP contribution is -2.23. The van der Waals surface area contributed by atoms with Crippen LogP contribution in [-0.4, -0.2) is 34.8 Å². The lowest BCUT2D eigenvalue weighted by molar-refractivity contribution is 0.0699. The Balaban J connectivity index is 1.79. The Hall–Kier alpha value is -1.10. The van der Waals surface area contributed by atoms with Gasteiger partial charge in [-0.2, -0.15) is 0 Å². The first-order chi connectivity index (χ1) is 6.86. The van der Waals surface area contributed by atoms with E-state index in [0.29, 0.717) is 0 Å². The second-order valence-corrected chi connectivity index (χ2v) is 3.68. The zero-order valence-corrected chi connectivity index (χ0v) is 8.44. The molecule has 0 bridgehead atoms. The second kappa shape index (κ2) is 4.41. The zero-order valence-electron chi connectivity index (χ0n) is 8.44. The van der Waals surface area contributed by atoms with Gasteiger partial charge in [0.15, 0.2) is 0 Å². The summed E-state index contributed by atoms with van der Waals surface area (Å²) < 4.78 is 7.05. The number of rotatable bonds is 3. The van der Waals surface area contributed by atoms with Crippen LogP contribution in [0.25, 0.3) is 0 Å². The van der Waals surface area contributed by atoms with E-state index in [-0.39, 0.29) is 0 Å². The van der Waals surface area contributed by atoms with Crippen LogP contribution in [0.1, 0.15) is 12.8 Å². The van der Waals surface area contributed by atoms with Crippen molar-refractivity contribution in [3.63, 3.8) is 0 Å². The molecule has 5 nitrogen and oxygen atoms in total. The molecule has 1 fully saturated rings. The van der Waals surface area contributed by atoms with Gasteiger partial charge in [-0.25, -0.2) is 4.68 Å². The number of aromatic nitrogens is 3. The molecule has 1 aliphatic rings. The quantitative estimate of drug-likeness (QED) is 0.771. The summed E-state index contributed by atoms with van der Waals surface area (Å²) >= 11 is 0. The van der Waals surface area contributed by atoms with Gasteiger partial charge < -0.3 is 10.1 Å². The van der Waals surface area contributed by atoms with Crippen molar-refractivity contribution >= 4 is 5.82 Å². The fourth-order valence-corrected chi connectivity index (χ4v) is 1.65. The Morgan fingerprint density at radius 3 is 3.00 bits per heavy atom. The Labute approximate surface area is 83.4 Å². The highest BCUT2D eigenvalue weighted by Gasteiger charge is 2.13. The van der Waals surface area contributed by atoms with Crippen molar-refractivity contribution in [2.75, 3.05) is 25.1 Å². The van der Waals surface area contributed by atoms with Gasteiger partial charge in [0, 0.05) is 26.8 Å². The lowest BCUT2D eigenvalue weighted by atomic mass is 10.0. The van der Waals surface area contributed by atoms with Crippen molar-refractivity contribution in [1.82, 2.24) is 15.0 Å². The van der Waals surface area contributed by atoms with Crippen LogP contribution in [0.15, 0.2) is 6.20 Å². The summed E-state index contributed by atoms with van der Waals surface area (Å²) in [4.78, 5) is 0. The summed E-state index contributed by atoms with van der Waals surface area (Å²) in [5, 5.41) is 11.0. The molecule has 0 aromatic carbocycles. The summed E-state index contributed by atoms with van der Waals surface area (Å²) in [6.45, 7) is 2.79. The van der Waals surface area contributed by atoms with Crippen molar-refractivity contribution in [3.05, 3.63) is 6.20 Å². The van der Waals surface area contributed by atoms with Gasteiger partial charge in [-0.05, 0) is 18.8 Å². The fourth-order valence-electron chi connectivity index (χ4n) is 1.65. The van der Waals surface area contributed by atoms with Crippen LogP contribution >= 0.6 is 0 Å². The molecule has 78 valence electrons. The molecule has 2 rings (SSSR count). The number of nitrogens with one attached hydrogen (secondary N) is 1. The van der Waals surface area contributed by atoms with E-state index >= 15 is 0 Å². The summed E-state index contributed by atoms with van der Waals surface area (Å²) in [5.41, 5.74) is 0. The van der Waals surface area contributed by atoms with Crippen molar-refractivity contribution in [3.8, 4) is 0 Å².